The van der Waals surface area contributed by atoms with E-state index in [9.17, 15) is 4.79 Å². The first-order valence-electron chi connectivity index (χ1n) is 6.10. The summed E-state index contributed by atoms with van der Waals surface area (Å²) in [5.74, 6) is 0.762. The minimum absolute atomic E-state index is 0.112. The lowest BCUT2D eigenvalue weighted by Crippen LogP contribution is -2.26. The first-order chi connectivity index (χ1) is 8.58. The molecule has 0 saturated heterocycles. The van der Waals surface area contributed by atoms with Crippen LogP contribution in [-0.2, 0) is 11.2 Å². The van der Waals surface area contributed by atoms with Gasteiger partial charge >= 0.3 is 0 Å². The van der Waals surface area contributed by atoms with Gasteiger partial charge in [-0.2, -0.15) is 0 Å². The SMILES string of the molecule is COc1c(C)cc(C)cc1CCNC(=O)CCO. The van der Waals surface area contributed by atoms with E-state index in [0.29, 0.717) is 6.54 Å². The van der Waals surface area contributed by atoms with Gasteiger partial charge < -0.3 is 15.2 Å². The Morgan fingerprint density at radius 2 is 2.11 bits per heavy atom. The van der Waals surface area contributed by atoms with Crippen LogP contribution in [0.15, 0.2) is 12.1 Å². The largest absolute Gasteiger partial charge is 0.496 e. The molecular formula is C14H21NO3. The fourth-order valence-electron chi connectivity index (χ4n) is 2.05. The van der Waals surface area contributed by atoms with Crippen molar-refractivity contribution in [2.45, 2.75) is 26.7 Å². The van der Waals surface area contributed by atoms with Gasteiger partial charge in [0.05, 0.1) is 13.7 Å². The Morgan fingerprint density at radius 3 is 2.72 bits per heavy atom. The van der Waals surface area contributed by atoms with Crippen LogP contribution in [0.2, 0.25) is 0 Å². The fourth-order valence-corrected chi connectivity index (χ4v) is 2.05. The van der Waals surface area contributed by atoms with Gasteiger partial charge in [-0.05, 0) is 31.4 Å². The summed E-state index contributed by atoms with van der Waals surface area (Å²) in [6.07, 6.45) is 0.882. The highest BCUT2D eigenvalue weighted by atomic mass is 16.5. The zero-order valence-electron chi connectivity index (χ0n) is 11.2. The van der Waals surface area contributed by atoms with Crippen molar-refractivity contribution >= 4 is 5.91 Å². The van der Waals surface area contributed by atoms with Gasteiger partial charge in [0.2, 0.25) is 5.91 Å². The number of rotatable bonds is 6. The van der Waals surface area contributed by atoms with E-state index in [4.69, 9.17) is 9.84 Å². The highest BCUT2D eigenvalue weighted by Crippen LogP contribution is 2.25. The number of hydrogen-bond acceptors (Lipinski definition) is 3. The minimum Gasteiger partial charge on any atom is -0.496 e. The summed E-state index contributed by atoms with van der Waals surface area (Å²) >= 11 is 0. The number of carbonyl (C=O) groups excluding carboxylic acids is 1. The molecule has 1 amide bonds. The van der Waals surface area contributed by atoms with Crippen molar-refractivity contribution in [1.29, 1.82) is 0 Å². The summed E-state index contributed by atoms with van der Waals surface area (Å²) in [5, 5.41) is 11.4. The normalized spacial score (nSPS) is 10.2. The summed E-state index contributed by atoms with van der Waals surface area (Å²) in [7, 11) is 1.66. The molecule has 1 rings (SSSR count). The van der Waals surface area contributed by atoms with E-state index in [1.54, 1.807) is 7.11 Å². The third-order valence-electron chi connectivity index (χ3n) is 2.76. The maximum absolute atomic E-state index is 11.2. The van der Waals surface area contributed by atoms with Crippen molar-refractivity contribution in [2.75, 3.05) is 20.3 Å². The number of methoxy groups -OCH3 is 1. The van der Waals surface area contributed by atoms with E-state index in [1.807, 2.05) is 13.8 Å². The average molecular weight is 251 g/mol. The summed E-state index contributed by atoms with van der Waals surface area (Å²) in [6.45, 7) is 4.50. The Morgan fingerprint density at radius 1 is 1.39 bits per heavy atom. The molecule has 0 bridgehead atoms. The number of benzene rings is 1. The third-order valence-corrected chi connectivity index (χ3v) is 2.76. The number of aliphatic hydroxyl groups excluding tert-OH is 1. The Kier molecular flexibility index (Phi) is 5.65. The molecule has 0 radical (unpaired) electrons. The Balaban J connectivity index is 2.64. The molecule has 100 valence electrons. The van der Waals surface area contributed by atoms with E-state index in [1.165, 1.54) is 5.56 Å². The van der Waals surface area contributed by atoms with E-state index in [0.717, 1.165) is 23.3 Å². The van der Waals surface area contributed by atoms with Gasteiger partial charge in [-0.3, -0.25) is 4.79 Å². The van der Waals surface area contributed by atoms with Gasteiger partial charge in [-0.15, -0.1) is 0 Å². The number of hydrogen-bond donors (Lipinski definition) is 2. The van der Waals surface area contributed by atoms with Gasteiger partial charge in [-0.1, -0.05) is 17.7 Å². The lowest BCUT2D eigenvalue weighted by Gasteiger charge is -2.13. The molecular weight excluding hydrogens is 230 g/mol. The summed E-state index contributed by atoms with van der Waals surface area (Å²) in [4.78, 5) is 11.2. The molecule has 0 aliphatic heterocycles. The lowest BCUT2D eigenvalue weighted by molar-refractivity contribution is -0.121. The first kappa shape index (κ1) is 14.5. The summed E-state index contributed by atoms with van der Waals surface area (Å²) in [6, 6.07) is 4.15. The number of aryl methyl sites for hydroxylation is 2. The summed E-state index contributed by atoms with van der Waals surface area (Å²) < 4.78 is 5.38. The second-order valence-electron chi connectivity index (χ2n) is 4.35. The molecule has 0 saturated carbocycles. The molecule has 0 aliphatic rings. The molecule has 0 fully saturated rings. The van der Waals surface area contributed by atoms with E-state index in [2.05, 4.69) is 17.4 Å². The van der Waals surface area contributed by atoms with Gasteiger partial charge in [0, 0.05) is 13.0 Å². The molecule has 0 unspecified atom stereocenters. The number of aliphatic hydroxyl groups is 1. The fraction of sp³-hybridized carbons (Fsp3) is 0.500. The van der Waals surface area contributed by atoms with Crippen LogP contribution in [-0.4, -0.2) is 31.3 Å². The Labute approximate surface area is 108 Å². The predicted octanol–water partition coefficient (Wildman–Crippen LogP) is 1.35. The molecule has 4 nitrogen and oxygen atoms in total. The monoisotopic (exact) mass is 251 g/mol. The maximum Gasteiger partial charge on any atom is 0.222 e. The van der Waals surface area contributed by atoms with Crippen molar-refractivity contribution in [2.24, 2.45) is 0 Å². The first-order valence-corrected chi connectivity index (χ1v) is 6.10. The second-order valence-corrected chi connectivity index (χ2v) is 4.35. The van der Waals surface area contributed by atoms with Crippen LogP contribution in [0.1, 0.15) is 23.1 Å². The molecule has 18 heavy (non-hydrogen) atoms. The quantitative estimate of drug-likeness (QED) is 0.802. The zero-order chi connectivity index (χ0) is 13.5. The zero-order valence-corrected chi connectivity index (χ0v) is 11.2. The van der Waals surface area contributed by atoms with Crippen LogP contribution >= 0.6 is 0 Å². The van der Waals surface area contributed by atoms with Crippen LogP contribution in [0.4, 0.5) is 0 Å². The Bertz CT molecular complexity index is 416. The Hall–Kier alpha value is -1.55. The smallest absolute Gasteiger partial charge is 0.222 e. The number of carbonyl (C=O) groups is 1. The minimum atomic E-state index is -0.124. The molecule has 1 aromatic carbocycles. The van der Waals surface area contributed by atoms with Crippen LogP contribution in [0.5, 0.6) is 5.75 Å². The molecule has 0 aromatic heterocycles. The van der Waals surface area contributed by atoms with Crippen molar-refractivity contribution in [3.05, 3.63) is 28.8 Å². The van der Waals surface area contributed by atoms with Gasteiger partial charge in [-0.25, -0.2) is 0 Å². The second kappa shape index (κ2) is 7.01. The number of amides is 1. The molecule has 0 heterocycles. The van der Waals surface area contributed by atoms with E-state index in [-0.39, 0.29) is 18.9 Å². The highest BCUT2D eigenvalue weighted by molar-refractivity contribution is 5.75. The average Bonchev–Trinajstić information content (AvgIpc) is 2.28. The van der Waals surface area contributed by atoms with Crippen LogP contribution < -0.4 is 10.1 Å². The van der Waals surface area contributed by atoms with Crippen molar-refractivity contribution in [3.8, 4) is 5.75 Å². The van der Waals surface area contributed by atoms with Crippen LogP contribution in [0, 0.1) is 13.8 Å². The topological polar surface area (TPSA) is 58.6 Å². The molecule has 0 aliphatic carbocycles. The van der Waals surface area contributed by atoms with E-state index < -0.39 is 0 Å². The molecule has 0 atom stereocenters. The predicted molar refractivity (Wildman–Crippen MR) is 70.9 cm³/mol. The van der Waals surface area contributed by atoms with Crippen LogP contribution in [0.3, 0.4) is 0 Å². The van der Waals surface area contributed by atoms with Crippen molar-refractivity contribution < 1.29 is 14.6 Å². The number of ether oxygens (including phenoxy) is 1. The van der Waals surface area contributed by atoms with Gasteiger partial charge in [0.1, 0.15) is 5.75 Å². The van der Waals surface area contributed by atoms with Gasteiger partial charge in [0.25, 0.3) is 0 Å². The lowest BCUT2D eigenvalue weighted by atomic mass is 10.0. The molecule has 1 aromatic rings. The standard InChI is InChI=1S/C14H21NO3/c1-10-8-11(2)14(18-3)12(9-10)4-6-15-13(17)5-7-16/h8-9,16H,4-7H2,1-3H3,(H,15,17). The van der Waals surface area contributed by atoms with E-state index >= 15 is 0 Å². The van der Waals surface area contributed by atoms with Crippen molar-refractivity contribution in [3.63, 3.8) is 0 Å². The molecule has 4 heteroatoms. The van der Waals surface area contributed by atoms with Crippen LogP contribution in [0.25, 0.3) is 0 Å². The number of nitrogens with one attached hydrogen (secondary N) is 1. The third kappa shape index (κ3) is 4.04. The molecule has 2 N–H and O–H groups in total. The maximum atomic E-state index is 11.2. The summed E-state index contributed by atoms with van der Waals surface area (Å²) in [5.41, 5.74) is 3.39. The van der Waals surface area contributed by atoms with Gasteiger partial charge in [0.15, 0.2) is 0 Å². The highest BCUT2D eigenvalue weighted by Gasteiger charge is 2.08. The van der Waals surface area contributed by atoms with Crippen molar-refractivity contribution in [1.82, 2.24) is 5.32 Å². The molecule has 0 spiro atoms.